The summed E-state index contributed by atoms with van der Waals surface area (Å²) in [7, 11) is 0. The molecular weight excluding hydrogens is 304 g/mol. The molecule has 0 radical (unpaired) electrons. The molecule has 3 rings (SSSR count). The van der Waals surface area contributed by atoms with Crippen LogP contribution in [0.5, 0.6) is 0 Å². The molecule has 1 aromatic heterocycles. The lowest BCUT2D eigenvalue weighted by Gasteiger charge is -2.12. The molecule has 24 heavy (non-hydrogen) atoms. The van der Waals surface area contributed by atoms with E-state index in [2.05, 4.69) is 29.1 Å². The normalized spacial score (nSPS) is 11.0. The molecule has 3 aromatic rings. The van der Waals surface area contributed by atoms with Gasteiger partial charge in [0.05, 0.1) is 10.4 Å². The zero-order chi connectivity index (χ0) is 17.1. The van der Waals surface area contributed by atoms with Crippen molar-refractivity contribution in [3.8, 4) is 11.4 Å². The van der Waals surface area contributed by atoms with Crippen LogP contribution in [-0.2, 0) is 0 Å². The van der Waals surface area contributed by atoms with E-state index in [1.165, 1.54) is 12.1 Å². The van der Waals surface area contributed by atoms with Crippen molar-refractivity contribution in [2.24, 2.45) is 5.92 Å². The second-order valence-corrected chi connectivity index (χ2v) is 5.99. The van der Waals surface area contributed by atoms with Gasteiger partial charge in [-0.25, -0.2) is 9.97 Å². The lowest BCUT2D eigenvalue weighted by molar-refractivity contribution is -0.384. The Morgan fingerprint density at radius 2 is 1.79 bits per heavy atom. The van der Waals surface area contributed by atoms with Crippen molar-refractivity contribution in [2.75, 3.05) is 11.9 Å². The predicted octanol–water partition coefficient (Wildman–Crippen LogP) is 4.27. The van der Waals surface area contributed by atoms with Crippen molar-refractivity contribution in [3.63, 3.8) is 0 Å². The van der Waals surface area contributed by atoms with Crippen molar-refractivity contribution in [3.05, 3.63) is 58.6 Å². The fourth-order valence-corrected chi connectivity index (χ4v) is 2.37. The van der Waals surface area contributed by atoms with Crippen LogP contribution in [0.2, 0.25) is 0 Å². The Balaban J connectivity index is 2.05. The second kappa shape index (κ2) is 6.62. The highest BCUT2D eigenvalue weighted by Gasteiger charge is 2.11. The minimum atomic E-state index is -0.416. The number of nitro benzene ring substituents is 1. The van der Waals surface area contributed by atoms with Gasteiger partial charge in [-0.15, -0.1) is 0 Å². The Morgan fingerprint density at radius 3 is 2.46 bits per heavy atom. The number of nitrogens with zero attached hydrogens (tertiary/aromatic N) is 3. The van der Waals surface area contributed by atoms with E-state index < -0.39 is 4.92 Å². The van der Waals surface area contributed by atoms with Crippen molar-refractivity contribution in [1.29, 1.82) is 0 Å². The molecule has 0 spiro atoms. The minimum absolute atomic E-state index is 0.0534. The fourth-order valence-electron chi connectivity index (χ4n) is 2.37. The number of hydrogen-bond donors (Lipinski definition) is 1. The Hall–Kier alpha value is -3.02. The fraction of sp³-hybridized carbons (Fsp3) is 0.222. The summed E-state index contributed by atoms with van der Waals surface area (Å²) in [6.45, 7) is 5.07. The van der Waals surface area contributed by atoms with Crippen LogP contribution in [0.15, 0.2) is 48.5 Å². The summed E-state index contributed by atoms with van der Waals surface area (Å²) >= 11 is 0. The highest BCUT2D eigenvalue weighted by molar-refractivity contribution is 5.90. The Bertz CT molecular complexity index is 876. The molecule has 0 amide bonds. The predicted molar refractivity (Wildman–Crippen MR) is 95.0 cm³/mol. The first kappa shape index (κ1) is 15.9. The van der Waals surface area contributed by atoms with Gasteiger partial charge in [-0.05, 0) is 30.2 Å². The average molecular weight is 322 g/mol. The number of benzene rings is 2. The lowest BCUT2D eigenvalue weighted by atomic mass is 10.1. The van der Waals surface area contributed by atoms with Crippen molar-refractivity contribution < 1.29 is 4.92 Å². The number of non-ortho nitro benzene ring substituents is 1. The number of aromatic nitrogens is 2. The van der Waals surface area contributed by atoms with Crippen LogP contribution in [0, 0.1) is 16.0 Å². The van der Waals surface area contributed by atoms with Gasteiger partial charge in [-0.3, -0.25) is 10.1 Å². The molecule has 6 nitrogen and oxygen atoms in total. The maximum atomic E-state index is 10.8. The molecule has 6 heteroatoms. The molecule has 0 saturated carbocycles. The summed E-state index contributed by atoms with van der Waals surface area (Å²) in [5, 5.41) is 15.1. The van der Waals surface area contributed by atoms with Gasteiger partial charge >= 0.3 is 0 Å². The van der Waals surface area contributed by atoms with Crippen molar-refractivity contribution in [1.82, 2.24) is 9.97 Å². The van der Waals surface area contributed by atoms with Crippen LogP contribution < -0.4 is 5.32 Å². The molecular formula is C18H18N4O2. The molecule has 0 fully saturated rings. The Morgan fingerprint density at radius 1 is 1.08 bits per heavy atom. The zero-order valence-electron chi connectivity index (χ0n) is 13.6. The topological polar surface area (TPSA) is 81.0 Å². The largest absolute Gasteiger partial charge is 0.369 e. The van der Waals surface area contributed by atoms with Gasteiger partial charge in [-0.2, -0.15) is 0 Å². The van der Waals surface area contributed by atoms with Crippen LogP contribution in [-0.4, -0.2) is 21.4 Å². The number of nitro groups is 1. The van der Waals surface area contributed by atoms with Crippen LogP contribution in [0.25, 0.3) is 22.3 Å². The zero-order valence-corrected chi connectivity index (χ0v) is 13.6. The smallest absolute Gasteiger partial charge is 0.269 e. The number of rotatable bonds is 5. The Kier molecular flexibility index (Phi) is 4.37. The third-order valence-corrected chi connectivity index (χ3v) is 3.62. The van der Waals surface area contributed by atoms with Gasteiger partial charge in [0.25, 0.3) is 5.69 Å². The van der Waals surface area contributed by atoms with E-state index >= 15 is 0 Å². The molecule has 0 unspecified atom stereocenters. The van der Waals surface area contributed by atoms with Gasteiger partial charge < -0.3 is 5.32 Å². The van der Waals surface area contributed by atoms with E-state index in [1.54, 1.807) is 12.1 Å². The maximum Gasteiger partial charge on any atom is 0.269 e. The number of para-hydroxylation sites is 1. The minimum Gasteiger partial charge on any atom is -0.369 e. The number of hydrogen-bond acceptors (Lipinski definition) is 5. The van der Waals surface area contributed by atoms with Crippen LogP contribution in [0.3, 0.4) is 0 Å². The molecule has 0 bridgehead atoms. The first-order valence-electron chi connectivity index (χ1n) is 7.80. The molecule has 0 saturated heterocycles. The summed E-state index contributed by atoms with van der Waals surface area (Å²) in [4.78, 5) is 19.6. The molecule has 1 heterocycles. The third kappa shape index (κ3) is 3.32. The van der Waals surface area contributed by atoms with Crippen LogP contribution >= 0.6 is 0 Å². The van der Waals surface area contributed by atoms with E-state index in [0.29, 0.717) is 11.7 Å². The van der Waals surface area contributed by atoms with E-state index in [1.807, 2.05) is 24.3 Å². The van der Waals surface area contributed by atoms with Gasteiger partial charge in [0.1, 0.15) is 5.82 Å². The molecule has 0 aliphatic heterocycles. The second-order valence-electron chi connectivity index (χ2n) is 5.99. The summed E-state index contributed by atoms with van der Waals surface area (Å²) in [6, 6.07) is 14.1. The maximum absolute atomic E-state index is 10.8. The van der Waals surface area contributed by atoms with E-state index in [0.717, 1.165) is 28.8 Å². The Labute approximate surface area is 139 Å². The molecule has 1 N–H and O–H groups in total. The summed E-state index contributed by atoms with van der Waals surface area (Å²) in [5.74, 6) is 1.82. The van der Waals surface area contributed by atoms with E-state index in [9.17, 15) is 10.1 Å². The number of nitrogens with one attached hydrogen (secondary N) is 1. The standard InChI is InChI=1S/C18H18N4O2/c1-12(2)11-19-18-15-5-3-4-6-16(15)20-17(21-18)13-7-9-14(10-8-13)22(23)24/h3-10,12H,11H2,1-2H3,(H,19,20,21). The summed E-state index contributed by atoms with van der Waals surface area (Å²) in [6.07, 6.45) is 0. The number of fused-ring (bicyclic) bond motifs is 1. The summed E-state index contributed by atoms with van der Waals surface area (Å²) in [5.41, 5.74) is 1.64. The highest BCUT2D eigenvalue weighted by Crippen LogP contribution is 2.26. The van der Waals surface area contributed by atoms with Crippen LogP contribution in [0.1, 0.15) is 13.8 Å². The average Bonchev–Trinajstić information content (AvgIpc) is 2.59. The monoisotopic (exact) mass is 322 g/mol. The summed E-state index contributed by atoms with van der Waals surface area (Å²) < 4.78 is 0. The molecule has 122 valence electrons. The molecule has 0 atom stereocenters. The SMILES string of the molecule is CC(C)CNc1nc(-c2ccc([N+](=O)[O-])cc2)nc2ccccc12. The quantitative estimate of drug-likeness (QED) is 0.560. The van der Waals surface area contributed by atoms with Gasteiger partial charge in [0.15, 0.2) is 5.82 Å². The molecule has 2 aromatic carbocycles. The lowest BCUT2D eigenvalue weighted by Crippen LogP contribution is -2.10. The first-order chi connectivity index (χ1) is 11.5. The van der Waals surface area contributed by atoms with Crippen LogP contribution in [0.4, 0.5) is 11.5 Å². The van der Waals surface area contributed by atoms with Gasteiger partial charge in [0.2, 0.25) is 0 Å². The van der Waals surface area contributed by atoms with E-state index in [4.69, 9.17) is 0 Å². The van der Waals surface area contributed by atoms with Gasteiger partial charge in [-0.1, -0.05) is 26.0 Å². The van der Waals surface area contributed by atoms with Crippen molar-refractivity contribution >= 4 is 22.4 Å². The van der Waals surface area contributed by atoms with Gasteiger partial charge in [0, 0.05) is 29.6 Å². The first-order valence-corrected chi connectivity index (χ1v) is 7.80. The molecule has 0 aliphatic rings. The third-order valence-electron chi connectivity index (χ3n) is 3.62. The molecule has 0 aliphatic carbocycles. The van der Waals surface area contributed by atoms with E-state index in [-0.39, 0.29) is 5.69 Å². The number of anilines is 1. The highest BCUT2D eigenvalue weighted by atomic mass is 16.6. The van der Waals surface area contributed by atoms with Crippen molar-refractivity contribution in [2.45, 2.75) is 13.8 Å².